The molecule has 0 saturated carbocycles. The zero-order valence-electron chi connectivity index (χ0n) is 27.0. The molecule has 0 aliphatic carbocycles. The minimum absolute atomic E-state index is 0.0502. The SMILES string of the molecule is CC1CN(C(=O)Cn2cc(N3CCCS3(=O)=O)n3c(=O)c(OCc4ccccc4)c(-c4ncc(Cc5ccc(F)cc5)s4)nc23)CC(C)O1. The Kier molecular flexibility index (Phi) is 8.98. The maximum absolute atomic E-state index is 14.5. The summed E-state index contributed by atoms with van der Waals surface area (Å²) in [4.78, 5) is 40.3. The van der Waals surface area contributed by atoms with Gasteiger partial charge in [-0.2, -0.15) is 0 Å². The van der Waals surface area contributed by atoms with Gasteiger partial charge in [0.25, 0.3) is 0 Å². The average molecular weight is 707 g/mol. The van der Waals surface area contributed by atoms with Crippen molar-refractivity contribution in [2.45, 2.75) is 52.0 Å². The summed E-state index contributed by atoms with van der Waals surface area (Å²) in [5.74, 6) is -0.522. The van der Waals surface area contributed by atoms with Crippen molar-refractivity contribution < 1.29 is 27.1 Å². The highest BCUT2D eigenvalue weighted by atomic mass is 32.2. The van der Waals surface area contributed by atoms with Gasteiger partial charge >= 0.3 is 5.56 Å². The number of hydrogen-bond acceptors (Lipinski definition) is 9. The quantitative estimate of drug-likeness (QED) is 0.224. The number of sulfonamides is 1. The minimum Gasteiger partial charge on any atom is -0.481 e. The first-order valence-electron chi connectivity index (χ1n) is 16.0. The molecule has 49 heavy (non-hydrogen) atoms. The molecule has 256 valence electrons. The van der Waals surface area contributed by atoms with Gasteiger partial charge in [0.05, 0.1) is 24.2 Å². The van der Waals surface area contributed by atoms with Gasteiger partial charge in [-0.15, -0.1) is 11.3 Å². The van der Waals surface area contributed by atoms with Crippen molar-refractivity contribution >= 4 is 38.9 Å². The first-order chi connectivity index (χ1) is 23.6. The molecule has 2 unspecified atom stereocenters. The minimum atomic E-state index is -3.71. The number of carbonyl (C=O) groups excluding carboxylic acids is 1. The van der Waals surface area contributed by atoms with E-state index in [1.807, 2.05) is 44.2 Å². The molecule has 12 nitrogen and oxygen atoms in total. The molecule has 15 heteroatoms. The Balaban J connectivity index is 1.35. The highest BCUT2D eigenvalue weighted by Crippen LogP contribution is 2.34. The van der Waals surface area contributed by atoms with Crippen LogP contribution >= 0.6 is 11.3 Å². The molecule has 0 spiro atoms. The molecular weight excluding hydrogens is 672 g/mol. The predicted octanol–water partition coefficient (Wildman–Crippen LogP) is 4.10. The molecule has 2 fully saturated rings. The third kappa shape index (κ3) is 6.82. The van der Waals surface area contributed by atoms with E-state index < -0.39 is 15.6 Å². The number of carbonyl (C=O) groups is 1. The second kappa shape index (κ2) is 13.4. The van der Waals surface area contributed by atoms with Crippen LogP contribution in [0.5, 0.6) is 5.75 Å². The maximum Gasteiger partial charge on any atom is 0.303 e. The zero-order chi connectivity index (χ0) is 34.3. The van der Waals surface area contributed by atoms with Gasteiger partial charge in [-0.05, 0) is 43.5 Å². The lowest BCUT2D eigenvalue weighted by Crippen LogP contribution is -2.49. The molecule has 3 aromatic heterocycles. The van der Waals surface area contributed by atoms with Crippen molar-refractivity contribution in [3.05, 3.63) is 99.2 Å². The van der Waals surface area contributed by atoms with Crippen LogP contribution in [0.4, 0.5) is 10.2 Å². The standard InChI is InChI=1S/C34H35FN6O6S2/c1-22-17-38(18-23(2)47-22)29(42)20-39-19-28(40-13-6-14-49(40,44)45)41-33(43)31(46-21-25-7-4-3-5-8-25)30(37-34(39)41)32-36-16-27(48-32)15-24-9-11-26(35)12-10-24/h3-5,7-12,16,19,22-23H,6,13-15,17-18,20-21H2,1-2H3. The van der Waals surface area contributed by atoms with Crippen LogP contribution < -0.4 is 14.6 Å². The number of thiazole rings is 1. The Hall–Kier alpha value is -4.60. The summed E-state index contributed by atoms with van der Waals surface area (Å²) >= 11 is 1.31. The molecule has 2 aliphatic heterocycles. The molecule has 0 radical (unpaired) electrons. The molecule has 5 aromatic rings. The van der Waals surface area contributed by atoms with E-state index in [0.29, 0.717) is 30.9 Å². The summed E-state index contributed by atoms with van der Waals surface area (Å²) in [6, 6.07) is 15.5. The summed E-state index contributed by atoms with van der Waals surface area (Å²) in [6.45, 7) is 4.67. The third-order valence-electron chi connectivity index (χ3n) is 8.49. The van der Waals surface area contributed by atoms with Crippen molar-refractivity contribution in [2.75, 3.05) is 29.7 Å². The number of halogens is 1. The van der Waals surface area contributed by atoms with Gasteiger partial charge in [-0.1, -0.05) is 42.5 Å². The van der Waals surface area contributed by atoms with Gasteiger partial charge in [-0.25, -0.2) is 27.2 Å². The van der Waals surface area contributed by atoms with Gasteiger partial charge < -0.3 is 18.9 Å². The number of amides is 1. The average Bonchev–Trinajstić information content (AvgIpc) is 3.78. The first kappa shape index (κ1) is 32.9. The molecule has 2 saturated heterocycles. The molecule has 2 atom stereocenters. The summed E-state index contributed by atoms with van der Waals surface area (Å²) in [5.41, 5.74) is 1.25. The van der Waals surface area contributed by atoms with Crippen LogP contribution in [-0.4, -0.2) is 75.8 Å². The summed E-state index contributed by atoms with van der Waals surface area (Å²) in [6.07, 6.45) is 3.77. The van der Waals surface area contributed by atoms with Gasteiger partial charge in [0.15, 0.2) is 5.69 Å². The second-order valence-corrected chi connectivity index (χ2v) is 15.5. The number of fused-ring (bicyclic) bond motifs is 1. The van der Waals surface area contributed by atoms with Crippen LogP contribution in [0.15, 0.2) is 71.8 Å². The largest absolute Gasteiger partial charge is 0.481 e. The Labute approximate surface area is 286 Å². The van der Waals surface area contributed by atoms with Crippen molar-refractivity contribution in [1.82, 2.24) is 23.8 Å². The lowest BCUT2D eigenvalue weighted by atomic mass is 10.1. The van der Waals surface area contributed by atoms with Gasteiger partial charge in [0, 0.05) is 37.1 Å². The van der Waals surface area contributed by atoms with Crippen LogP contribution in [0.2, 0.25) is 0 Å². The topological polar surface area (TPSA) is 128 Å². The van der Waals surface area contributed by atoms with E-state index in [4.69, 9.17) is 14.5 Å². The lowest BCUT2D eigenvalue weighted by molar-refractivity contribution is -0.143. The fourth-order valence-electron chi connectivity index (χ4n) is 6.27. The summed E-state index contributed by atoms with van der Waals surface area (Å²) < 4.78 is 55.8. The Morgan fingerprint density at radius 3 is 2.49 bits per heavy atom. The van der Waals surface area contributed by atoms with Gasteiger partial charge in [-0.3, -0.25) is 13.9 Å². The highest BCUT2D eigenvalue weighted by molar-refractivity contribution is 7.93. The van der Waals surface area contributed by atoms with Crippen LogP contribution in [0.25, 0.3) is 16.5 Å². The molecule has 2 aliphatic rings. The van der Waals surface area contributed by atoms with Crippen molar-refractivity contribution in [3.8, 4) is 16.5 Å². The number of imidazole rings is 1. The van der Waals surface area contributed by atoms with Crippen molar-refractivity contribution in [1.29, 1.82) is 0 Å². The number of nitrogens with zero attached hydrogens (tertiary/aromatic N) is 6. The number of morpholine rings is 1. The van der Waals surface area contributed by atoms with Crippen LogP contribution in [-0.2, 0) is 39.1 Å². The van der Waals surface area contributed by atoms with Gasteiger partial charge in [0.1, 0.15) is 29.8 Å². The fraction of sp³-hybridized carbons (Fsp3) is 0.353. The summed E-state index contributed by atoms with van der Waals surface area (Å²) in [7, 11) is -3.71. The van der Waals surface area contributed by atoms with E-state index in [0.717, 1.165) is 16.0 Å². The molecule has 7 rings (SSSR count). The molecule has 0 bridgehead atoms. The van der Waals surface area contributed by atoms with E-state index in [9.17, 15) is 22.4 Å². The fourth-order valence-corrected chi connectivity index (χ4v) is 8.74. The van der Waals surface area contributed by atoms with E-state index in [1.165, 1.54) is 42.9 Å². The van der Waals surface area contributed by atoms with Crippen molar-refractivity contribution in [3.63, 3.8) is 0 Å². The Morgan fingerprint density at radius 1 is 1.06 bits per heavy atom. The zero-order valence-corrected chi connectivity index (χ0v) is 28.6. The van der Waals surface area contributed by atoms with Gasteiger partial charge in [0.2, 0.25) is 27.5 Å². The third-order valence-corrected chi connectivity index (χ3v) is 11.3. The molecule has 2 aromatic carbocycles. The number of ether oxygens (including phenoxy) is 2. The maximum atomic E-state index is 14.5. The Bertz CT molecular complexity index is 2160. The number of aromatic nitrogens is 4. The highest BCUT2D eigenvalue weighted by Gasteiger charge is 2.34. The molecule has 5 heterocycles. The predicted molar refractivity (Wildman–Crippen MR) is 183 cm³/mol. The summed E-state index contributed by atoms with van der Waals surface area (Å²) in [5, 5.41) is 0.407. The van der Waals surface area contributed by atoms with Crippen LogP contribution in [0, 0.1) is 5.82 Å². The van der Waals surface area contributed by atoms with Crippen LogP contribution in [0.1, 0.15) is 36.3 Å². The molecule has 1 amide bonds. The number of rotatable bonds is 9. The van der Waals surface area contributed by atoms with E-state index >= 15 is 0 Å². The number of hydrogen-bond donors (Lipinski definition) is 0. The number of benzene rings is 2. The Morgan fingerprint density at radius 2 is 1.80 bits per heavy atom. The first-order valence-corrected chi connectivity index (χ1v) is 18.4. The second-order valence-electron chi connectivity index (χ2n) is 12.4. The molecule has 0 N–H and O–H groups in total. The normalized spacial score (nSPS) is 19.1. The van der Waals surface area contributed by atoms with E-state index in [2.05, 4.69) is 4.98 Å². The smallest absolute Gasteiger partial charge is 0.303 e. The number of anilines is 1. The van der Waals surface area contributed by atoms with E-state index in [-0.39, 0.29) is 72.4 Å². The molecular formula is C34H35FN6O6S2. The van der Waals surface area contributed by atoms with Crippen LogP contribution in [0.3, 0.4) is 0 Å². The monoisotopic (exact) mass is 706 g/mol. The van der Waals surface area contributed by atoms with Crippen molar-refractivity contribution in [2.24, 2.45) is 0 Å². The van der Waals surface area contributed by atoms with E-state index in [1.54, 1.807) is 23.2 Å². The lowest BCUT2D eigenvalue weighted by Gasteiger charge is -2.35.